The van der Waals surface area contributed by atoms with Crippen LogP contribution in [0.25, 0.3) is 0 Å². The molecule has 0 aliphatic carbocycles. The quantitative estimate of drug-likeness (QED) is 0.673. The van der Waals surface area contributed by atoms with Gasteiger partial charge in [0, 0.05) is 31.5 Å². The van der Waals surface area contributed by atoms with E-state index in [-0.39, 0.29) is 0 Å². The van der Waals surface area contributed by atoms with E-state index in [2.05, 4.69) is 15.5 Å². The highest BCUT2D eigenvalue weighted by atomic mass is 16.5. The number of nitrogens with zero attached hydrogens (tertiary/aromatic N) is 1. The van der Waals surface area contributed by atoms with Crippen LogP contribution in [-0.4, -0.2) is 30.5 Å². The summed E-state index contributed by atoms with van der Waals surface area (Å²) in [7, 11) is 1.73. The zero-order valence-corrected chi connectivity index (χ0v) is 9.18. The van der Waals surface area contributed by atoms with E-state index in [0.29, 0.717) is 0 Å². The number of nitrogens with one attached hydrogen (secondary N) is 2. The predicted octanol–water partition coefficient (Wildman–Crippen LogP) is 1.15. The molecule has 14 heavy (non-hydrogen) atoms. The molecule has 0 saturated heterocycles. The van der Waals surface area contributed by atoms with Crippen LogP contribution in [0.3, 0.4) is 0 Å². The summed E-state index contributed by atoms with van der Waals surface area (Å²) in [6, 6.07) is 0. The summed E-state index contributed by atoms with van der Waals surface area (Å²) in [5.74, 6) is 0. The van der Waals surface area contributed by atoms with Crippen LogP contribution in [0.4, 0.5) is 0 Å². The van der Waals surface area contributed by atoms with Gasteiger partial charge in [-0.05, 0) is 26.8 Å². The van der Waals surface area contributed by atoms with Crippen LogP contribution in [-0.2, 0) is 11.3 Å². The fraction of sp³-hybridized carbons (Fsp3) is 0.700. The van der Waals surface area contributed by atoms with Crippen LogP contribution < -0.4 is 5.32 Å². The predicted molar refractivity (Wildman–Crippen MR) is 56.3 cm³/mol. The third-order valence-corrected chi connectivity index (χ3v) is 2.28. The summed E-state index contributed by atoms with van der Waals surface area (Å²) < 4.78 is 4.97. The Morgan fingerprint density at radius 2 is 2.21 bits per heavy atom. The summed E-state index contributed by atoms with van der Waals surface area (Å²) in [6.07, 6.45) is 1.05. The largest absolute Gasteiger partial charge is 0.385 e. The number of hydrogen-bond acceptors (Lipinski definition) is 3. The molecule has 0 aliphatic rings. The van der Waals surface area contributed by atoms with Crippen molar-refractivity contribution in [2.45, 2.75) is 26.8 Å². The Balaban J connectivity index is 2.24. The van der Waals surface area contributed by atoms with E-state index in [0.717, 1.165) is 37.5 Å². The van der Waals surface area contributed by atoms with Crippen molar-refractivity contribution >= 4 is 0 Å². The molecule has 80 valence electrons. The van der Waals surface area contributed by atoms with E-state index in [4.69, 9.17) is 4.74 Å². The third-order valence-electron chi connectivity index (χ3n) is 2.28. The lowest BCUT2D eigenvalue weighted by atomic mass is 10.2. The molecule has 0 spiro atoms. The summed E-state index contributed by atoms with van der Waals surface area (Å²) in [6.45, 7) is 6.76. The van der Waals surface area contributed by atoms with E-state index in [9.17, 15) is 0 Å². The first-order chi connectivity index (χ1) is 6.75. The van der Waals surface area contributed by atoms with Crippen LogP contribution in [0.2, 0.25) is 0 Å². The molecule has 1 aromatic rings. The zero-order chi connectivity index (χ0) is 10.4. The Kier molecular flexibility index (Phi) is 4.62. The molecule has 0 fully saturated rings. The van der Waals surface area contributed by atoms with Gasteiger partial charge in [-0.25, -0.2) is 0 Å². The topological polar surface area (TPSA) is 49.9 Å². The first-order valence-corrected chi connectivity index (χ1v) is 4.95. The molecule has 0 bridgehead atoms. The number of H-pyrrole nitrogens is 1. The van der Waals surface area contributed by atoms with Crippen LogP contribution in [0.5, 0.6) is 0 Å². The Labute approximate surface area is 85.0 Å². The molecule has 1 heterocycles. The first kappa shape index (κ1) is 11.2. The van der Waals surface area contributed by atoms with Gasteiger partial charge >= 0.3 is 0 Å². The van der Waals surface area contributed by atoms with Crippen molar-refractivity contribution in [1.29, 1.82) is 0 Å². The summed E-state index contributed by atoms with van der Waals surface area (Å²) in [5, 5.41) is 10.5. The Morgan fingerprint density at radius 3 is 2.79 bits per heavy atom. The highest BCUT2D eigenvalue weighted by Crippen LogP contribution is 2.07. The van der Waals surface area contributed by atoms with Gasteiger partial charge in [-0.1, -0.05) is 0 Å². The van der Waals surface area contributed by atoms with Gasteiger partial charge in [0.15, 0.2) is 0 Å². The molecule has 4 nitrogen and oxygen atoms in total. The molecule has 1 aromatic heterocycles. The normalized spacial score (nSPS) is 10.8. The molecule has 2 N–H and O–H groups in total. The summed E-state index contributed by atoms with van der Waals surface area (Å²) >= 11 is 0. The van der Waals surface area contributed by atoms with Gasteiger partial charge in [0.2, 0.25) is 0 Å². The molecule has 0 saturated carbocycles. The van der Waals surface area contributed by atoms with Gasteiger partial charge in [0.1, 0.15) is 0 Å². The van der Waals surface area contributed by atoms with E-state index >= 15 is 0 Å². The maximum atomic E-state index is 4.97. The highest BCUT2D eigenvalue weighted by molar-refractivity contribution is 5.22. The van der Waals surface area contributed by atoms with Crippen molar-refractivity contribution in [3.8, 4) is 0 Å². The SMILES string of the molecule is COCCCNCc1c(C)n[nH]c1C. The molecule has 4 heteroatoms. The average Bonchev–Trinajstić information content (AvgIpc) is 2.48. The van der Waals surface area contributed by atoms with E-state index < -0.39 is 0 Å². The number of hydrogen-bond donors (Lipinski definition) is 2. The van der Waals surface area contributed by atoms with Gasteiger partial charge in [0.25, 0.3) is 0 Å². The number of aromatic nitrogens is 2. The lowest BCUT2D eigenvalue weighted by Crippen LogP contribution is -2.16. The van der Waals surface area contributed by atoms with Gasteiger partial charge in [-0.3, -0.25) is 5.10 Å². The molecular formula is C10H19N3O. The first-order valence-electron chi connectivity index (χ1n) is 4.95. The second kappa shape index (κ2) is 5.78. The minimum Gasteiger partial charge on any atom is -0.385 e. The molecule has 0 aliphatic heterocycles. The molecule has 0 amide bonds. The third kappa shape index (κ3) is 3.12. The molecular weight excluding hydrogens is 178 g/mol. The zero-order valence-electron chi connectivity index (χ0n) is 9.18. The van der Waals surface area contributed by atoms with Gasteiger partial charge in [-0.15, -0.1) is 0 Å². The molecule has 1 rings (SSSR count). The van der Waals surface area contributed by atoms with E-state index in [1.165, 1.54) is 5.56 Å². The van der Waals surface area contributed by atoms with E-state index in [1.54, 1.807) is 7.11 Å². The Morgan fingerprint density at radius 1 is 1.43 bits per heavy atom. The van der Waals surface area contributed by atoms with Gasteiger partial charge in [-0.2, -0.15) is 5.10 Å². The van der Waals surface area contributed by atoms with Crippen molar-refractivity contribution in [2.75, 3.05) is 20.3 Å². The smallest absolute Gasteiger partial charge is 0.0638 e. The lowest BCUT2D eigenvalue weighted by molar-refractivity contribution is 0.194. The fourth-order valence-electron chi connectivity index (χ4n) is 1.39. The molecule has 0 atom stereocenters. The Bertz CT molecular complexity index is 251. The van der Waals surface area contributed by atoms with Crippen LogP contribution >= 0.6 is 0 Å². The maximum absolute atomic E-state index is 4.97. The standard InChI is InChI=1S/C10H19N3O/c1-8-10(9(2)13-12-8)7-11-5-4-6-14-3/h11H,4-7H2,1-3H3,(H,12,13). The van der Waals surface area contributed by atoms with Crippen molar-refractivity contribution in [2.24, 2.45) is 0 Å². The number of aryl methyl sites for hydroxylation is 2. The molecule has 0 unspecified atom stereocenters. The molecule has 0 aromatic carbocycles. The van der Waals surface area contributed by atoms with Crippen molar-refractivity contribution in [3.63, 3.8) is 0 Å². The number of aromatic amines is 1. The number of methoxy groups -OCH3 is 1. The highest BCUT2D eigenvalue weighted by Gasteiger charge is 2.04. The van der Waals surface area contributed by atoms with Crippen molar-refractivity contribution in [1.82, 2.24) is 15.5 Å². The summed E-state index contributed by atoms with van der Waals surface area (Å²) in [5.41, 5.74) is 3.52. The van der Waals surface area contributed by atoms with Gasteiger partial charge in [0.05, 0.1) is 5.69 Å². The van der Waals surface area contributed by atoms with Crippen LogP contribution in [0, 0.1) is 13.8 Å². The second-order valence-electron chi connectivity index (χ2n) is 3.44. The minimum absolute atomic E-state index is 0.816. The number of rotatable bonds is 6. The Hall–Kier alpha value is -0.870. The monoisotopic (exact) mass is 197 g/mol. The maximum Gasteiger partial charge on any atom is 0.0638 e. The van der Waals surface area contributed by atoms with E-state index in [1.807, 2.05) is 13.8 Å². The van der Waals surface area contributed by atoms with Gasteiger partial charge < -0.3 is 10.1 Å². The lowest BCUT2D eigenvalue weighted by Gasteiger charge is -2.04. The van der Waals surface area contributed by atoms with Crippen molar-refractivity contribution in [3.05, 3.63) is 17.0 Å². The summed E-state index contributed by atoms with van der Waals surface area (Å²) in [4.78, 5) is 0. The number of ether oxygens (including phenoxy) is 1. The minimum atomic E-state index is 0.816. The molecule has 0 radical (unpaired) electrons. The van der Waals surface area contributed by atoms with Crippen LogP contribution in [0.15, 0.2) is 0 Å². The average molecular weight is 197 g/mol. The van der Waals surface area contributed by atoms with Crippen molar-refractivity contribution < 1.29 is 4.74 Å². The second-order valence-corrected chi connectivity index (χ2v) is 3.44. The van der Waals surface area contributed by atoms with Crippen LogP contribution in [0.1, 0.15) is 23.4 Å². The fourth-order valence-corrected chi connectivity index (χ4v) is 1.39.